The first kappa shape index (κ1) is 19.5. The summed E-state index contributed by atoms with van der Waals surface area (Å²) in [5.74, 6) is 1.06. The maximum Gasteiger partial charge on any atom is 0.180 e. The van der Waals surface area contributed by atoms with Gasteiger partial charge in [0, 0.05) is 6.54 Å². The number of ether oxygens (including phenoxy) is 2. The van der Waals surface area contributed by atoms with Crippen molar-refractivity contribution in [2.24, 2.45) is 0 Å². The number of hydrogen-bond acceptors (Lipinski definition) is 3. The van der Waals surface area contributed by atoms with Gasteiger partial charge in [0.05, 0.1) is 17.7 Å². The second-order valence-corrected chi connectivity index (χ2v) is 6.43. The molecule has 2 aromatic carbocycles. The van der Waals surface area contributed by atoms with Crippen molar-refractivity contribution >= 4 is 11.6 Å². The van der Waals surface area contributed by atoms with Gasteiger partial charge >= 0.3 is 0 Å². The molecule has 0 spiro atoms. The summed E-state index contributed by atoms with van der Waals surface area (Å²) < 4.78 is 25.0. The third-order valence-electron chi connectivity index (χ3n) is 3.58. The number of benzene rings is 2. The van der Waals surface area contributed by atoms with Gasteiger partial charge in [0.2, 0.25) is 0 Å². The Morgan fingerprint density at radius 1 is 1.20 bits per heavy atom. The van der Waals surface area contributed by atoms with Crippen molar-refractivity contribution in [2.45, 2.75) is 39.8 Å². The average Bonchev–Trinajstić information content (AvgIpc) is 2.56. The Kier molecular flexibility index (Phi) is 7.53. The summed E-state index contributed by atoms with van der Waals surface area (Å²) in [6, 6.07) is 10.6. The van der Waals surface area contributed by atoms with Crippen LogP contribution in [0.25, 0.3) is 0 Å². The fourth-order valence-corrected chi connectivity index (χ4v) is 2.77. The van der Waals surface area contributed by atoms with Crippen LogP contribution in [0.15, 0.2) is 36.4 Å². The Morgan fingerprint density at radius 3 is 2.64 bits per heavy atom. The normalized spacial score (nSPS) is 11.0. The van der Waals surface area contributed by atoms with Crippen LogP contribution in [0.4, 0.5) is 4.39 Å². The van der Waals surface area contributed by atoms with Gasteiger partial charge in [-0.15, -0.1) is 0 Å². The van der Waals surface area contributed by atoms with Crippen LogP contribution in [-0.2, 0) is 13.0 Å². The molecule has 0 aliphatic rings. The van der Waals surface area contributed by atoms with Crippen molar-refractivity contribution in [1.29, 1.82) is 0 Å². The Morgan fingerprint density at radius 2 is 1.96 bits per heavy atom. The Balaban J connectivity index is 1.98. The lowest BCUT2D eigenvalue weighted by Crippen LogP contribution is -2.17. The van der Waals surface area contributed by atoms with E-state index in [9.17, 15) is 4.39 Å². The van der Waals surface area contributed by atoms with E-state index in [1.807, 2.05) is 39.0 Å². The molecule has 136 valence electrons. The molecule has 0 aliphatic heterocycles. The number of hydrogen-bond donors (Lipinski definition) is 1. The largest absolute Gasteiger partial charge is 0.490 e. The average molecular weight is 366 g/mol. The molecular weight excluding hydrogens is 341 g/mol. The Labute approximate surface area is 154 Å². The highest BCUT2D eigenvalue weighted by Gasteiger charge is 2.14. The summed E-state index contributed by atoms with van der Waals surface area (Å²) in [6.45, 7) is 7.65. The lowest BCUT2D eigenvalue weighted by Gasteiger charge is -2.17. The lowest BCUT2D eigenvalue weighted by atomic mass is 10.1. The Bertz CT molecular complexity index is 691. The van der Waals surface area contributed by atoms with Crippen LogP contribution >= 0.6 is 11.6 Å². The van der Waals surface area contributed by atoms with Crippen LogP contribution < -0.4 is 14.8 Å². The minimum absolute atomic E-state index is 0.0152. The maximum atomic E-state index is 13.6. The van der Waals surface area contributed by atoms with Gasteiger partial charge in [-0.25, -0.2) is 4.39 Å². The molecule has 0 saturated heterocycles. The van der Waals surface area contributed by atoms with Crippen molar-refractivity contribution in [3.63, 3.8) is 0 Å². The first-order chi connectivity index (χ1) is 12.0. The predicted molar refractivity (Wildman–Crippen MR) is 100 cm³/mol. The van der Waals surface area contributed by atoms with Gasteiger partial charge in [0.25, 0.3) is 0 Å². The van der Waals surface area contributed by atoms with Crippen molar-refractivity contribution in [1.82, 2.24) is 5.32 Å². The highest BCUT2D eigenvalue weighted by Crippen LogP contribution is 2.37. The molecule has 25 heavy (non-hydrogen) atoms. The summed E-state index contributed by atoms with van der Waals surface area (Å²) in [4.78, 5) is 0. The molecule has 0 aromatic heterocycles. The third-order valence-corrected chi connectivity index (χ3v) is 3.86. The molecule has 3 nitrogen and oxygen atoms in total. The number of nitrogens with one attached hydrogen (secondary N) is 1. The van der Waals surface area contributed by atoms with Gasteiger partial charge in [0.1, 0.15) is 5.82 Å². The minimum Gasteiger partial charge on any atom is -0.490 e. The van der Waals surface area contributed by atoms with Gasteiger partial charge in [-0.1, -0.05) is 29.8 Å². The standard InChI is InChI=1S/C20H25ClFNO2/c1-4-24-19-12-15(11-17(21)20(19)25-14(2)3)13-23-10-9-16-7-5-6-8-18(16)22/h5-8,11-12,14,23H,4,9-10,13H2,1-3H3. The molecule has 2 aromatic rings. The van der Waals surface area contributed by atoms with E-state index >= 15 is 0 Å². The molecule has 0 fully saturated rings. The summed E-state index contributed by atoms with van der Waals surface area (Å²) in [5, 5.41) is 3.85. The fraction of sp³-hybridized carbons (Fsp3) is 0.400. The molecule has 0 radical (unpaired) electrons. The van der Waals surface area contributed by atoms with Gasteiger partial charge in [-0.3, -0.25) is 0 Å². The van der Waals surface area contributed by atoms with Crippen LogP contribution in [0.3, 0.4) is 0 Å². The van der Waals surface area contributed by atoms with Gasteiger partial charge in [-0.2, -0.15) is 0 Å². The maximum absolute atomic E-state index is 13.6. The molecule has 0 aliphatic carbocycles. The fourth-order valence-electron chi connectivity index (χ4n) is 2.49. The van der Waals surface area contributed by atoms with Crippen molar-refractivity contribution in [3.8, 4) is 11.5 Å². The molecule has 2 rings (SSSR count). The third kappa shape index (κ3) is 5.91. The SMILES string of the molecule is CCOc1cc(CNCCc2ccccc2F)cc(Cl)c1OC(C)C. The topological polar surface area (TPSA) is 30.5 Å². The van der Waals surface area contributed by atoms with Crippen LogP contribution in [0.1, 0.15) is 31.9 Å². The molecule has 0 amide bonds. The zero-order chi connectivity index (χ0) is 18.2. The van der Waals surface area contributed by atoms with E-state index in [0.29, 0.717) is 48.2 Å². The van der Waals surface area contributed by atoms with Crippen LogP contribution in [-0.4, -0.2) is 19.3 Å². The van der Waals surface area contributed by atoms with Crippen molar-refractivity contribution in [2.75, 3.05) is 13.2 Å². The smallest absolute Gasteiger partial charge is 0.180 e. The van der Waals surface area contributed by atoms with Crippen molar-refractivity contribution in [3.05, 3.63) is 58.4 Å². The second-order valence-electron chi connectivity index (χ2n) is 6.02. The molecule has 5 heteroatoms. The lowest BCUT2D eigenvalue weighted by molar-refractivity contribution is 0.224. The molecule has 1 N–H and O–H groups in total. The van der Waals surface area contributed by atoms with Crippen molar-refractivity contribution < 1.29 is 13.9 Å². The zero-order valence-electron chi connectivity index (χ0n) is 14.9. The van der Waals surface area contributed by atoms with Gasteiger partial charge < -0.3 is 14.8 Å². The molecule has 0 saturated carbocycles. The molecule has 0 heterocycles. The summed E-state index contributed by atoms with van der Waals surface area (Å²) in [6.07, 6.45) is 0.647. The monoisotopic (exact) mass is 365 g/mol. The highest BCUT2D eigenvalue weighted by atomic mass is 35.5. The molecule has 0 bridgehead atoms. The van der Waals surface area contributed by atoms with Crippen LogP contribution in [0.5, 0.6) is 11.5 Å². The summed E-state index contributed by atoms with van der Waals surface area (Å²) in [5.41, 5.74) is 1.71. The molecule has 0 unspecified atom stereocenters. The Hall–Kier alpha value is -1.78. The molecule has 0 atom stereocenters. The van der Waals surface area contributed by atoms with E-state index in [2.05, 4.69) is 5.32 Å². The zero-order valence-corrected chi connectivity index (χ0v) is 15.7. The van der Waals surface area contributed by atoms with E-state index < -0.39 is 0 Å². The van der Waals surface area contributed by atoms with E-state index in [1.54, 1.807) is 12.1 Å². The quantitative estimate of drug-likeness (QED) is 0.634. The molecular formula is C20H25ClFNO2. The highest BCUT2D eigenvalue weighted by molar-refractivity contribution is 6.32. The van der Waals surface area contributed by atoms with E-state index in [1.165, 1.54) is 6.07 Å². The van der Waals surface area contributed by atoms with Crippen LogP contribution in [0, 0.1) is 5.82 Å². The predicted octanol–water partition coefficient (Wildman–Crippen LogP) is 5.00. The van der Waals surface area contributed by atoms with Crippen LogP contribution in [0.2, 0.25) is 5.02 Å². The van der Waals surface area contributed by atoms with E-state index in [4.69, 9.17) is 21.1 Å². The minimum atomic E-state index is -0.166. The van der Waals surface area contributed by atoms with Gasteiger partial charge in [0.15, 0.2) is 11.5 Å². The first-order valence-electron chi connectivity index (χ1n) is 8.57. The number of halogens is 2. The first-order valence-corrected chi connectivity index (χ1v) is 8.95. The van der Waals surface area contributed by atoms with E-state index in [0.717, 1.165) is 5.56 Å². The summed E-state index contributed by atoms with van der Waals surface area (Å²) >= 11 is 6.36. The van der Waals surface area contributed by atoms with Gasteiger partial charge in [-0.05, 0) is 63.1 Å². The number of rotatable bonds is 9. The second kappa shape index (κ2) is 9.64. The van der Waals surface area contributed by atoms with E-state index in [-0.39, 0.29) is 11.9 Å². The summed E-state index contributed by atoms with van der Waals surface area (Å²) in [7, 11) is 0.